The molecule has 0 bridgehead atoms. The fourth-order valence-corrected chi connectivity index (χ4v) is 0. The SMILES string of the molecule is O=NO.O=[N+]([O-])[O-].O=[N+]([O-])[O-].O=[N+]([O-])[O-].O=[N+]([O-])[O-].[Al+3].[Na+]. The van der Waals surface area contributed by atoms with Crippen LogP contribution in [0.2, 0.25) is 0 Å². The van der Waals surface area contributed by atoms with E-state index in [0.29, 0.717) is 0 Å². The molecule has 1 N–H and O–H groups in total. The molecule has 0 unspecified atom stereocenters. The van der Waals surface area contributed by atoms with Gasteiger partial charge in [0.2, 0.25) is 0 Å². The van der Waals surface area contributed by atoms with Crippen molar-refractivity contribution in [3.05, 3.63) is 66.2 Å². The molecule has 0 heterocycles. The molecule has 0 aliphatic rings. The maximum atomic E-state index is 8.25. The van der Waals surface area contributed by atoms with Crippen LogP contribution in [-0.4, -0.2) is 42.9 Å². The van der Waals surface area contributed by atoms with Gasteiger partial charge in [0.1, 0.15) is 0 Å². The Bertz CT molecular complexity index is 202. The van der Waals surface area contributed by atoms with Gasteiger partial charge in [-0.05, 0) is 0 Å². The Kier molecular flexibility index (Phi) is 87.8. The molecule has 0 aliphatic heterocycles. The van der Waals surface area contributed by atoms with Crippen molar-refractivity contribution in [1.29, 1.82) is 0 Å². The molecule has 0 rings (SSSR count). The summed E-state index contributed by atoms with van der Waals surface area (Å²) in [6.07, 6.45) is 0. The molecule has 0 atom stereocenters. The number of nitrogens with zero attached hydrogens (tertiary/aromatic N) is 5. The maximum absolute atomic E-state index is 8.25. The van der Waals surface area contributed by atoms with Gasteiger partial charge in [-0.2, -0.15) is 0 Å². The molecule has 0 aromatic carbocycles. The van der Waals surface area contributed by atoms with Gasteiger partial charge in [-0.15, -0.1) is 4.91 Å². The molecular weight excluding hydrogens is 344 g/mol. The van der Waals surface area contributed by atoms with Gasteiger partial charge in [0, 0.05) is 0 Å². The van der Waals surface area contributed by atoms with Crippen molar-refractivity contribution >= 4 is 17.4 Å². The monoisotopic (exact) mass is 345 g/mol. The minimum Gasteiger partial charge on any atom is -0.379 e. The zero-order valence-corrected chi connectivity index (χ0v) is 12.7. The van der Waals surface area contributed by atoms with Gasteiger partial charge in [-0.1, -0.05) is 0 Å². The largest absolute Gasteiger partial charge is 3.00 e. The first-order valence-corrected chi connectivity index (χ1v) is 2.57. The van der Waals surface area contributed by atoms with Crippen LogP contribution in [0.1, 0.15) is 0 Å². The first kappa shape index (κ1) is 42.8. The molecule has 21 heavy (non-hydrogen) atoms. The van der Waals surface area contributed by atoms with Crippen molar-refractivity contribution in [2.75, 3.05) is 0 Å². The van der Waals surface area contributed by atoms with E-state index in [-0.39, 0.29) is 46.9 Å². The average molecular weight is 345 g/mol. The van der Waals surface area contributed by atoms with Gasteiger partial charge in [0.25, 0.3) is 0 Å². The Morgan fingerprint density at radius 1 is 0.619 bits per heavy atom. The predicted octanol–water partition coefficient (Wildman–Crippen LogP) is -4.19. The Hall–Kier alpha value is -2.27. The van der Waals surface area contributed by atoms with Crippen LogP contribution < -0.4 is 29.6 Å². The second kappa shape index (κ2) is 43.1. The van der Waals surface area contributed by atoms with Gasteiger partial charge in [0.05, 0.1) is 20.3 Å². The summed E-state index contributed by atoms with van der Waals surface area (Å²) >= 11 is 0. The van der Waals surface area contributed by atoms with Crippen molar-refractivity contribution in [2.24, 2.45) is 5.34 Å². The van der Waals surface area contributed by atoms with E-state index in [1.165, 1.54) is 5.34 Å². The molecule has 0 aromatic rings. The summed E-state index contributed by atoms with van der Waals surface area (Å²) in [6.45, 7) is 0. The Labute approximate surface area is 144 Å². The van der Waals surface area contributed by atoms with Crippen LogP contribution >= 0.6 is 0 Å². The van der Waals surface area contributed by atoms with E-state index < -0.39 is 20.3 Å². The Balaban J connectivity index is -0.0000000229. The molecule has 114 valence electrons. The van der Waals surface area contributed by atoms with Crippen molar-refractivity contribution in [1.82, 2.24) is 0 Å². The summed E-state index contributed by atoms with van der Waals surface area (Å²) in [6, 6.07) is 0. The topological polar surface area (TPSA) is 314 Å². The van der Waals surface area contributed by atoms with E-state index in [1.807, 2.05) is 0 Å². The molecule has 0 spiro atoms. The zero-order valence-electron chi connectivity index (χ0n) is 9.57. The second-order valence-electron chi connectivity index (χ2n) is 0.976. The molecule has 21 heteroatoms. The van der Waals surface area contributed by atoms with Crippen LogP contribution in [0.25, 0.3) is 0 Å². The third-order valence-electron chi connectivity index (χ3n) is 0. The second-order valence-corrected chi connectivity index (χ2v) is 0.976. The average Bonchev–Trinajstić information content (AvgIpc) is 1.97. The summed E-state index contributed by atoms with van der Waals surface area (Å²) in [5.74, 6) is 0. The predicted molar refractivity (Wildman–Crippen MR) is 54.8 cm³/mol. The van der Waals surface area contributed by atoms with Crippen molar-refractivity contribution < 1.29 is 55.1 Å². The van der Waals surface area contributed by atoms with Gasteiger partial charge in [0.15, 0.2) is 5.34 Å². The summed E-state index contributed by atoms with van der Waals surface area (Å²) in [5.41, 5.74) is 0. The van der Waals surface area contributed by atoms with Crippen LogP contribution in [0, 0.1) is 66.2 Å². The third kappa shape index (κ3) is 854. The van der Waals surface area contributed by atoms with E-state index in [0.717, 1.165) is 0 Å². The van der Waals surface area contributed by atoms with E-state index in [2.05, 4.69) is 0 Å². The van der Waals surface area contributed by atoms with Crippen molar-refractivity contribution in [3.63, 3.8) is 0 Å². The number of hydrogen-bond acceptors (Lipinski definition) is 14. The van der Waals surface area contributed by atoms with Crippen LogP contribution in [0.5, 0.6) is 0 Å². The van der Waals surface area contributed by atoms with Crippen LogP contribution in [-0.2, 0) is 0 Å². The maximum Gasteiger partial charge on any atom is 3.00 e. The van der Waals surface area contributed by atoms with E-state index >= 15 is 0 Å². The Morgan fingerprint density at radius 3 is 0.619 bits per heavy atom. The molecule has 0 saturated heterocycles. The molecule has 0 radical (unpaired) electrons. The standard InChI is InChI=1S/Al.4NO3.HNO2.Na/c;4*2-1(3)4;2-1-3;/h;;;;;(H,2,3);/q+3;4*-1;;+1. The molecule has 19 nitrogen and oxygen atoms in total. The minimum atomic E-state index is -1.75. The van der Waals surface area contributed by atoms with Crippen molar-refractivity contribution in [2.45, 2.75) is 0 Å². The smallest absolute Gasteiger partial charge is 0.379 e. The molecule has 0 aliphatic carbocycles. The first-order valence-electron chi connectivity index (χ1n) is 2.57. The number of rotatable bonds is 0. The van der Waals surface area contributed by atoms with Crippen LogP contribution in [0.15, 0.2) is 5.34 Å². The van der Waals surface area contributed by atoms with Gasteiger partial charge >= 0.3 is 46.9 Å². The molecule has 0 saturated carbocycles. The van der Waals surface area contributed by atoms with Gasteiger partial charge in [-0.25, -0.2) is 0 Å². The zero-order chi connectivity index (χ0) is 17.0. The van der Waals surface area contributed by atoms with Crippen molar-refractivity contribution in [3.8, 4) is 0 Å². The third-order valence-corrected chi connectivity index (χ3v) is 0. The van der Waals surface area contributed by atoms with E-state index in [4.69, 9.17) is 71.4 Å². The number of hydrogen-bond donors (Lipinski definition) is 1. The van der Waals surface area contributed by atoms with Gasteiger partial charge < -0.3 is 66.5 Å². The molecule has 0 fully saturated rings. The fourth-order valence-electron chi connectivity index (χ4n) is 0. The molecule has 0 aromatic heterocycles. The molecular formula is HAlN5NaO14. The first-order chi connectivity index (χ1) is 8.34. The summed E-state index contributed by atoms with van der Waals surface area (Å²) in [4.78, 5) is 41.1. The molecule has 0 amide bonds. The normalized spacial score (nSPS) is 5.14. The summed E-state index contributed by atoms with van der Waals surface area (Å²) in [7, 11) is 0. The van der Waals surface area contributed by atoms with E-state index in [1.54, 1.807) is 0 Å². The Morgan fingerprint density at radius 2 is 0.619 bits per heavy atom. The summed E-state index contributed by atoms with van der Waals surface area (Å²) in [5, 5.41) is 66.9. The quantitative estimate of drug-likeness (QED) is 0.188. The minimum absolute atomic E-state index is 0. The van der Waals surface area contributed by atoms with Gasteiger partial charge in [-0.3, -0.25) is 0 Å². The van der Waals surface area contributed by atoms with Crippen LogP contribution in [0.3, 0.4) is 0 Å². The van der Waals surface area contributed by atoms with Crippen LogP contribution in [0.4, 0.5) is 0 Å². The van der Waals surface area contributed by atoms with E-state index in [9.17, 15) is 0 Å². The fraction of sp³-hybridized carbons (Fsp3) is 0. The summed E-state index contributed by atoms with van der Waals surface area (Å²) < 4.78 is 0.